The molecule has 1 spiro atoms. The SMILES string of the molecule is O=C(NC1CC2(CC2)C1)c1[nH]ncc1C1CCC1. The van der Waals surface area contributed by atoms with Gasteiger partial charge in [0.1, 0.15) is 5.69 Å². The quantitative estimate of drug-likeness (QED) is 0.858. The van der Waals surface area contributed by atoms with Gasteiger partial charge in [-0.15, -0.1) is 0 Å². The molecule has 4 nitrogen and oxygen atoms in total. The fourth-order valence-corrected chi connectivity index (χ4v) is 3.44. The van der Waals surface area contributed by atoms with Crippen molar-refractivity contribution in [2.45, 2.75) is 56.9 Å². The minimum Gasteiger partial charge on any atom is -0.348 e. The maximum atomic E-state index is 12.2. The standard InChI is InChI=1S/C14H19N3O/c18-13(16-10-6-14(7-10)4-5-14)12-11(8-15-17-12)9-2-1-3-9/h8-10H,1-7H2,(H,15,17)(H,16,18). The van der Waals surface area contributed by atoms with Crippen molar-refractivity contribution in [1.82, 2.24) is 15.5 Å². The summed E-state index contributed by atoms with van der Waals surface area (Å²) in [5, 5.41) is 10.1. The molecule has 0 aromatic carbocycles. The molecule has 0 aliphatic heterocycles. The van der Waals surface area contributed by atoms with Crippen LogP contribution in [0.4, 0.5) is 0 Å². The van der Waals surface area contributed by atoms with Crippen molar-refractivity contribution >= 4 is 5.91 Å². The van der Waals surface area contributed by atoms with E-state index in [1.165, 1.54) is 44.9 Å². The van der Waals surface area contributed by atoms with Crippen LogP contribution >= 0.6 is 0 Å². The fraction of sp³-hybridized carbons (Fsp3) is 0.714. The lowest BCUT2D eigenvalue weighted by atomic mass is 9.76. The molecule has 3 fully saturated rings. The van der Waals surface area contributed by atoms with Crippen molar-refractivity contribution in [3.05, 3.63) is 17.5 Å². The molecule has 1 aromatic rings. The third-order valence-corrected chi connectivity index (χ3v) is 5.09. The Kier molecular flexibility index (Phi) is 2.11. The molecule has 3 aliphatic carbocycles. The number of aromatic nitrogens is 2. The molecule has 4 heteroatoms. The molecule has 1 aromatic heterocycles. The second kappa shape index (κ2) is 3.59. The van der Waals surface area contributed by atoms with Crippen LogP contribution in [-0.2, 0) is 0 Å². The molecule has 0 atom stereocenters. The number of hydrogen-bond acceptors (Lipinski definition) is 2. The first-order valence-corrected chi connectivity index (χ1v) is 7.10. The second-order valence-electron chi connectivity index (χ2n) is 6.41. The third-order valence-electron chi connectivity index (χ3n) is 5.09. The van der Waals surface area contributed by atoms with Gasteiger partial charge in [-0.3, -0.25) is 9.89 Å². The number of aromatic amines is 1. The highest BCUT2D eigenvalue weighted by Crippen LogP contribution is 2.60. The summed E-state index contributed by atoms with van der Waals surface area (Å²) in [6.45, 7) is 0. The average Bonchev–Trinajstić information content (AvgIpc) is 2.87. The van der Waals surface area contributed by atoms with Crippen LogP contribution in [0.3, 0.4) is 0 Å². The van der Waals surface area contributed by atoms with E-state index in [1.807, 2.05) is 6.20 Å². The monoisotopic (exact) mass is 245 g/mol. The van der Waals surface area contributed by atoms with Gasteiger partial charge in [0.05, 0.1) is 6.20 Å². The number of H-pyrrole nitrogens is 1. The van der Waals surface area contributed by atoms with Crippen LogP contribution < -0.4 is 5.32 Å². The van der Waals surface area contributed by atoms with Gasteiger partial charge in [0, 0.05) is 11.6 Å². The summed E-state index contributed by atoms with van der Waals surface area (Å²) in [6, 6.07) is 0.401. The van der Waals surface area contributed by atoms with Crippen LogP contribution in [0.25, 0.3) is 0 Å². The van der Waals surface area contributed by atoms with E-state index in [0.717, 1.165) is 5.56 Å². The molecule has 0 unspecified atom stereocenters. The van der Waals surface area contributed by atoms with E-state index >= 15 is 0 Å². The molecule has 0 saturated heterocycles. The normalized spacial score (nSPS) is 25.6. The highest BCUT2D eigenvalue weighted by molar-refractivity contribution is 5.94. The number of nitrogens with zero attached hydrogens (tertiary/aromatic N) is 1. The van der Waals surface area contributed by atoms with Crippen LogP contribution in [0.5, 0.6) is 0 Å². The van der Waals surface area contributed by atoms with Gasteiger partial charge in [0.15, 0.2) is 0 Å². The smallest absolute Gasteiger partial charge is 0.269 e. The largest absolute Gasteiger partial charge is 0.348 e. The highest BCUT2D eigenvalue weighted by atomic mass is 16.2. The number of carbonyl (C=O) groups is 1. The predicted octanol–water partition coefficient (Wildman–Crippen LogP) is 2.35. The zero-order chi connectivity index (χ0) is 12.2. The summed E-state index contributed by atoms with van der Waals surface area (Å²) in [5.41, 5.74) is 2.47. The molecule has 18 heavy (non-hydrogen) atoms. The Morgan fingerprint density at radius 3 is 2.78 bits per heavy atom. The van der Waals surface area contributed by atoms with Gasteiger partial charge >= 0.3 is 0 Å². The van der Waals surface area contributed by atoms with Crippen molar-refractivity contribution in [3.8, 4) is 0 Å². The van der Waals surface area contributed by atoms with Crippen LogP contribution in [0.1, 0.15) is 66.9 Å². The molecule has 96 valence electrons. The van der Waals surface area contributed by atoms with Crippen LogP contribution in [0, 0.1) is 5.41 Å². The number of amides is 1. The van der Waals surface area contributed by atoms with Gasteiger partial charge in [-0.1, -0.05) is 6.42 Å². The van der Waals surface area contributed by atoms with Crippen LogP contribution in [0.15, 0.2) is 6.20 Å². The average molecular weight is 245 g/mol. The Labute approximate surface area is 107 Å². The highest BCUT2D eigenvalue weighted by Gasteiger charge is 2.53. The molecule has 1 amide bonds. The molecule has 0 radical (unpaired) electrons. The number of hydrogen-bond donors (Lipinski definition) is 2. The lowest BCUT2D eigenvalue weighted by Gasteiger charge is -2.36. The minimum absolute atomic E-state index is 0.0508. The molecule has 3 saturated carbocycles. The number of carbonyl (C=O) groups excluding carboxylic acids is 1. The lowest BCUT2D eigenvalue weighted by Crippen LogP contribution is -2.45. The topological polar surface area (TPSA) is 57.8 Å². The predicted molar refractivity (Wildman–Crippen MR) is 67.3 cm³/mol. The van der Waals surface area contributed by atoms with Gasteiger partial charge in [0.2, 0.25) is 0 Å². The van der Waals surface area contributed by atoms with Crippen molar-refractivity contribution in [2.24, 2.45) is 5.41 Å². The van der Waals surface area contributed by atoms with Crippen molar-refractivity contribution < 1.29 is 4.79 Å². The Hall–Kier alpha value is -1.32. The number of rotatable bonds is 3. The van der Waals surface area contributed by atoms with E-state index in [9.17, 15) is 4.79 Å². The fourth-order valence-electron chi connectivity index (χ4n) is 3.44. The maximum absolute atomic E-state index is 12.2. The summed E-state index contributed by atoms with van der Waals surface area (Å²) in [4.78, 5) is 12.2. The van der Waals surface area contributed by atoms with E-state index in [2.05, 4.69) is 15.5 Å². The first-order chi connectivity index (χ1) is 8.76. The zero-order valence-electron chi connectivity index (χ0n) is 10.5. The number of nitrogens with one attached hydrogen (secondary N) is 2. The Bertz CT molecular complexity index is 477. The maximum Gasteiger partial charge on any atom is 0.269 e. The van der Waals surface area contributed by atoms with Crippen LogP contribution in [-0.4, -0.2) is 22.1 Å². The molecule has 4 rings (SSSR count). The lowest BCUT2D eigenvalue weighted by molar-refractivity contribution is 0.0870. The Morgan fingerprint density at radius 1 is 1.39 bits per heavy atom. The summed E-state index contributed by atoms with van der Waals surface area (Å²) in [7, 11) is 0. The molecule has 1 heterocycles. The first-order valence-electron chi connectivity index (χ1n) is 7.10. The summed E-state index contributed by atoms with van der Waals surface area (Å²) in [6.07, 6.45) is 10.6. The zero-order valence-corrected chi connectivity index (χ0v) is 10.5. The van der Waals surface area contributed by atoms with Gasteiger partial charge < -0.3 is 5.32 Å². The first kappa shape index (κ1) is 10.6. The molecular weight excluding hydrogens is 226 g/mol. The van der Waals surface area contributed by atoms with Gasteiger partial charge in [0.25, 0.3) is 5.91 Å². The van der Waals surface area contributed by atoms with Crippen molar-refractivity contribution in [1.29, 1.82) is 0 Å². The molecular formula is C14H19N3O. The molecule has 3 aliphatic rings. The van der Waals surface area contributed by atoms with E-state index in [-0.39, 0.29) is 5.91 Å². The second-order valence-corrected chi connectivity index (χ2v) is 6.41. The Balaban J connectivity index is 1.42. The summed E-state index contributed by atoms with van der Waals surface area (Å²) >= 11 is 0. The molecule has 0 bridgehead atoms. The van der Waals surface area contributed by atoms with Crippen molar-refractivity contribution in [2.75, 3.05) is 0 Å². The van der Waals surface area contributed by atoms with Gasteiger partial charge in [-0.25, -0.2) is 0 Å². The van der Waals surface area contributed by atoms with E-state index < -0.39 is 0 Å². The van der Waals surface area contributed by atoms with Crippen LogP contribution in [0.2, 0.25) is 0 Å². The van der Waals surface area contributed by atoms with E-state index in [0.29, 0.717) is 23.1 Å². The van der Waals surface area contributed by atoms with Gasteiger partial charge in [-0.05, 0) is 49.9 Å². The van der Waals surface area contributed by atoms with E-state index in [4.69, 9.17) is 0 Å². The summed E-state index contributed by atoms with van der Waals surface area (Å²) < 4.78 is 0. The Morgan fingerprint density at radius 2 is 2.17 bits per heavy atom. The van der Waals surface area contributed by atoms with Gasteiger partial charge in [-0.2, -0.15) is 5.10 Å². The van der Waals surface area contributed by atoms with Crippen molar-refractivity contribution in [3.63, 3.8) is 0 Å². The third kappa shape index (κ3) is 1.58. The minimum atomic E-state index is 0.0508. The molecule has 2 N–H and O–H groups in total. The summed E-state index contributed by atoms with van der Waals surface area (Å²) in [5.74, 6) is 0.607. The van der Waals surface area contributed by atoms with E-state index in [1.54, 1.807) is 0 Å².